The highest BCUT2D eigenvalue weighted by atomic mass is 16.2. The Balaban J connectivity index is 1.71. The third-order valence-electron chi connectivity index (χ3n) is 6.27. The molecule has 1 heterocycles. The molecule has 0 aliphatic carbocycles. The number of benzene rings is 3. The average molecular weight is 413 g/mol. The average Bonchev–Trinajstić information content (AvgIpc) is 2.79. The Morgan fingerprint density at radius 3 is 2.39 bits per heavy atom. The molecule has 0 spiro atoms. The Kier molecular flexibility index (Phi) is 5.64. The van der Waals surface area contributed by atoms with Gasteiger partial charge in [0.1, 0.15) is 5.54 Å². The van der Waals surface area contributed by atoms with Crippen LogP contribution in [0.2, 0.25) is 0 Å². The highest BCUT2D eigenvalue weighted by Crippen LogP contribution is 2.35. The summed E-state index contributed by atoms with van der Waals surface area (Å²) in [5.74, 6) is -0.294. The normalized spacial score (nSPS) is 17.9. The van der Waals surface area contributed by atoms with Gasteiger partial charge >= 0.3 is 0 Å². The van der Waals surface area contributed by atoms with Crippen molar-refractivity contribution in [2.75, 3.05) is 4.90 Å². The number of nitrogens with zero attached hydrogens (tertiary/aromatic N) is 1. The Labute approximate surface area is 183 Å². The molecular weight excluding hydrogens is 384 g/mol. The Bertz CT molecular complexity index is 1120. The zero-order valence-corrected chi connectivity index (χ0v) is 18.3. The van der Waals surface area contributed by atoms with E-state index in [0.29, 0.717) is 18.5 Å². The summed E-state index contributed by atoms with van der Waals surface area (Å²) in [4.78, 5) is 28.8. The number of nitrogens with one attached hydrogen (secondary N) is 1. The molecule has 1 atom stereocenters. The highest BCUT2D eigenvalue weighted by Gasteiger charge is 2.47. The van der Waals surface area contributed by atoms with Gasteiger partial charge in [0.25, 0.3) is 5.91 Å². The number of fused-ring (bicyclic) bond motifs is 1. The van der Waals surface area contributed by atoms with Crippen LogP contribution in [-0.2, 0) is 24.2 Å². The molecule has 1 aliphatic rings. The third kappa shape index (κ3) is 3.86. The monoisotopic (exact) mass is 412 g/mol. The van der Waals surface area contributed by atoms with Gasteiger partial charge in [-0.2, -0.15) is 0 Å². The highest BCUT2D eigenvalue weighted by molar-refractivity contribution is 6.14. The first-order chi connectivity index (χ1) is 14.9. The summed E-state index contributed by atoms with van der Waals surface area (Å²) in [6, 6.07) is 23.5. The smallest absolute Gasteiger partial charge is 0.259 e. The number of amides is 2. The van der Waals surface area contributed by atoms with Gasteiger partial charge in [-0.15, -0.1) is 0 Å². The van der Waals surface area contributed by atoms with Crippen LogP contribution in [0, 0.1) is 6.92 Å². The number of hydrogen-bond acceptors (Lipinski definition) is 2. The van der Waals surface area contributed by atoms with Crippen LogP contribution in [-0.4, -0.2) is 17.4 Å². The summed E-state index contributed by atoms with van der Waals surface area (Å²) in [6.45, 7) is 6.42. The maximum atomic E-state index is 13.6. The van der Waals surface area contributed by atoms with Gasteiger partial charge < -0.3 is 5.32 Å². The van der Waals surface area contributed by atoms with Gasteiger partial charge in [-0.1, -0.05) is 61.5 Å². The molecule has 2 amide bonds. The molecule has 3 aromatic carbocycles. The summed E-state index contributed by atoms with van der Waals surface area (Å²) in [7, 11) is 0. The molecule has 0 radical (unpaired) electrons. The molecule has 1 aliphatic heterocycles. The zero-order chi connectivity index (χ0) is 22.0. The van der Waals surface area contributed by atoms with Crippen LogP contribution in [0.5, 0.6) is 0 Å². The fourth-order valence-corrected chi connectivity index (χ4v) is 4.32. The van der Waals surface area contributed by atoms with Crippen LogP contribution in [0.15, 0.2) is 72.8 Å². The summed E-state index contributed by atoms with van der Waals surface area (Å²) in [5, 5.41) is 3.09. The van der Waals surface area contributed by atoms with Crippen molar-refractivity contribution in [1.82, 2.24) is 5.32 Å². The summed E-state index contributed by atoms with van der Waals surface area (Å²) >= 11 is 0. The quantitative estimate of drug-likeness (QED) is 0.652. The molecule has 0 bridgehead atoms. The fourth-order valence-electron chi connectivity index (χ4n) is 4.32. The molecule has 1 N–H and O–H groups in total. The van der Waals surface area contributed by atoms with Gasteiger partial charge in [-0.05, 0) is 60.7 Å². The van der Waals surface area contributed by atoms with Crippen molar-refractivity contribution in [3.63, 3.8) is 0 Å². The first-order valence-corrected chi connectivity index (χ1v) is 10.8. The minimum Gasteiger partial charge on any atom is -0.350 e. The minimum atomic E-state index is -1.03. The lowest BCUT2D eigenvalue weighted by Crippen LogP contribution is -2.63. The first-order valence-electron chi connectivity index (χ1n) is 10.8. The number of rotatable bonds is 5. The lowest BCUT2D eigenvalue weighted by atomic mass is 9.82. The van der Waals surface area contributed by atoms with E-state index in [9.17, 15) is 9.59 Å². The summed E-state index contributed by atoms with van der Waals surface area (Å²) in [6.07, 6.45) is 1.38. The van der Waals surface area contributed by atoms with Gasteiger partial charge in [0.2, 0.25) is 5.91 Å². The number of carbonyl (C=O) groups is 2. The largest absolute Gasteiger partial charge is 0.350 e. The van der Waals surface area contributed by atoms with Crippen molar-refractivity contribution < 1.29 is 9.59 Å². The van der Waals surface area contributed by atoms with E-state index in [1.165, 1.54) is 5.56 Å². The van der Waals surface area contributed by atoms with Gasteiger partial charge in [-0.3, -0.25) is 14.5 Å². The molecule has 3 aromatic rings. The topological polar surface area (TPSA) is 49.4 Å². The van der Waals surface area contributed by atoms with Crippen molar-refractivity contribution in [2.45, 2.75) is 45.7 Å². The van der Waals surface area contributed by atoms with E-state index in [2.05, 4.69) is 12.2 Å². The molecular formula is C27H28N2O2. The van der Waals surface area contributed by atoms with E-state index in [4.69, 9.17) is 0 Å². The molecule has 0 saturated heterocycles. The molecule has 4 nitrogen and oxygen atoms in total. The molecule has 0 fully saturated rings. The van der Waals surface area contributed by atoms with Crippen molar-refractivity contribution in [2.24, 2.45) is 0 Å². The second-order valence-electron chi connectivity index (χ2n) is 8.38. The maximum absolute atomic E-state index is 13.6. The molecule has 158 valence electrons. The molecule has 1 unspecified atom stereocenters. The molecule has 4 rings (SSSR count). The van der Waals surface area contributed by atoms with E-state index in [-0.39, 0.29) is 11.8 Å². The summed E-state index contributed by atoms with van der Waals surface area (Å²) in [5.41, 5.74) is 4.67. The Morgan fingerprint density at radius 2 is 1.68 bits per heavy atom. The lowest BCUT2D eigenvalue weighted by Gasteiger charge is -2.44. The second kappa shape index (κ2) is 8.38. The number of carbonyl (C=O) groups excluding carboxylic acids is 2. The Hall–Kier alpha value is -3.40. The van der Waals surface area contributed by atoms with Gasteiger partial charge in [-0.25, -0.2) is 0 Å². The summed E-state index contributed by atoms with van der Waals surface area (Å²) < 4.78 is 0. The van der Waals surface area contributed by atoms with E-state index >= 15 is 0 Å². The molecule has 0 aromatic heterocycles. The first kappa shape index (κ1) is 20.9. The van der Waals surface area contributed by atoms with Crippen LogP contribution in [0.4, 0.5) is 5.69 Å². The predicted molar refractivity (Wildman–Crippen MR) is 124 cm³/mol. The van der Waals surface area contributed by atoms with Gasteiger partial charge in [0.15, 0.2) is 0 Å². The van der Waals surface area contributed by atoms with Crippen molar-refractivity contribution in [1.29, 1.82) is 0 Å². The standard InChI is InChI=1S/C27H28N2O2/c1-4-20-13-15-23(16-14-20)29-25(30)24-12-8-7-10-21(24)17-27(29,3)26(31)28-18-22-11-6-5-9-19(22)2/h5-16H,4,17-18H2,1-3H3,(H,28,31). The number of aryl methyl sites for hydroxylation is 2. The number of anilines is 1. The van der Waals surface area contributed by atoms with E-state index in [1.807, 2.05) is 86.6 Å². The van der Waals surface area contributed by atoms with Gasteiger partial charge in [0, 0.05) is 24.2 Å². The Morgan fingerprint density at radius 1 is 1.00 bits per heavy atom. The third-order valence-corrected chi connectivity index (χ3v) is 6.27. The van der Waals surface area contributed by atoms with Crippen LogP contribution in [0.1, 0.15) is 46.5 Å². The molecule has 4 heteroatoms. The molecule has 31 heavy (non-hydrogen) atoms. The fraction of sp³-hybridized carbons (Fsp3) is 0.259. The lowest BCUT2D eigenvalue weighted by molar-refractivity contribution is -0.126. The van der Waals surface area contributed by atoms with E-state index < -0.39 is 5.54 Å². The zero-order valence-electron chi connectivity index (χ0n) is 18.3. The van der Waals surface area contributed by atoms with Crippen LogP contribution >= 0.6 is 0 Å². The molecule has 0 saturated carbocycles. The van der Waals surface area contributed by atoms with Gasteiger partial charge in [0.05, 0.1) is 0 Å². The van der Waals surface area contributed by atoms with Crippen LogP contribution in [0.25, 0.3) is 0 Å². The van der Waals surface area contributed by atoms with E-state index in [0.717, 1.165) is 28.8 Å². The predicted octanol–water partition coefficient (Wildman–Crippen LogP) is 4.84. The number of hydrogen-bond donors (Lipinski definition) is 1. The maximum Gasteiger partial charge on any atom is 0.259 e. The van der Waals surface area contributed by atoms with E-state index in [1.54, 1.807) is 4.90 Å². The van der Waals surface area contributed by atoms with Crippen molar-refractivity contribution in [3.05, 3.63) is 101 Å². The second-order valence-corrected chi connectivity index (χ2v) is 8.38. The SMILES string of the molecule is CCc1ccc(N2C(=O)c3ccccc3CC2(C)C(=O)NCc2ccccc2C)cc1. The minimum absolute atomic E-state index is 0.139. The van der Waals surface area contributed by atoms with Crippen molar-refractivity contribution >= 4 is 17.5 Å². The van der Waals surface area contributed by atoms with Crippen LogP contribution < -0.4 is 10.2 Å². The van der Waals surface area contributed by atoms with Crippen LogP contribution in [0.3, 0.4) is 0 Å². The van der Waals surface area contributed by atoms with Crippen molar-refractivity contribution in [3.8, 4) is 0 Å².